The maximum absolute atomic E-state index is 13.0. The van der Waals surface area contributed by atoms with E-state index in [4.69, 9.17) is 10.8 Å². The number of likely N-dealkylation sites (tertiary alicyclic amines) is 1. The van der Waals surface area contributed by atoms with Crippen molar-refractivity contribution in [3.8, 4) is 0 Å². The van der Waals surface area contributed by atoms with E-state index in [2.05, 4.69) is 29.0 Å². The number of allylic oxidation sites excluding steroid dienone is 1. The number of carbonyl (C=O) groups is 1. The van der Waals surface area contributed by atoms with Gasteiger partial charge in [0.1, 0.15) is 0 Å². The molecule has 1 amide bonds. The second-order valence-electron chi connectivity index (χ2n) is 8.77. The van der Waals surface area contributed by atoms with Crippen LogP contribution in [-0.4, -0.2) is 54.7 Å². The molecule has 3 aliphatic heterocycles. The minimum absolute atomic E-state index is 0.0133. The van der Waals surface area contributed by atoms with Gasteiger partial charge in [-0.15, -0.1) is 0 Å². The zero-order valence-electron chi connectivity index (χ0n) is 17.6. The molecule has 5 rings (SSSR count). The Morgan fingerprint density at radius 3 is 2.80 bits per heavy atom. The molecule has 1 saturated heterocycles. The maximum atomic E-state index is 13.0. The molecular weight excluding hydrogens is 395 g/mol. The third-order valence-electron chi connectivity index (χ3n) is 6.15. The molecule has 2 aromatic rings. The summed E-state index contributed by atoms with van der Waals surface area (Å²) in [6.07, 6.45) is 11.9. The smallest absolute Gasteiger partial charge is 0.252 e. The van der Waals surface area contributed by atoms with Crippen molar-refractivity contribution in [1.82, 2.24) is 24.4 Å². The van der Waals surface area contributed by atoms with E-state index in [1.165, 1.54) is 0 Å². The fraction of sp³-hybridized carbons (Fsp3) is 0.409. The maximum Gasteiger partial charge on any atom is 0.252 e. The Labute approximate surface area is 178 Å². The van der Waals surface area contributed by atoms with Crippen molar-refractivity contribution in [3.05, 3.63) is 59.5 Å². The molecule has 3 aliphatic rings. The molecule has 0 aliphatic carbocycles. The monoisotopic (exact) mass is 422 g/mol. The fourth-order valence-electron chi connectivity index (χ4n) is 4.30. The molecule has 2 N–H and O–H groups in total. The van der Waals surface area contributed by atoms with Crippen molar-refractivity contribution >= 4 is 25.3 Å². The molecule has 5 heterocycles. The highest BCUT2D eigenvalue weighted by Gasteiger charge is 2.32. The summed E-state index contributed by atoms with van der Waals surface area (Å²) >= 11 is 0. The van der Waals surface area contributed by atoms with Gasteiger partial charge in [-0.3, -0.25) is 9.78 Å². The Morgan fingerprint density at radius 1 is 1.27 bits per heavy atom. The molecule has 0 bridgehead atoms. The number of rotatable bonds is 2. The van der Waals surface area contributed by atoms with Crippen LogP contribution in [0.4, 0.5) is 0 Å². The minimum Gasteiger partial charge on any atom is -0.370 e. The van der Waals surface area contributed by atoms with Gasteiger partial charge in [-0.25, -0.2) is 4.52 Å². The zero-order valence-corrected chi connectivity index (χ0v) is 18.6. The largest absolute Gasteiger partial charge is 0.370 e. The summed E-state index contributed by atoms with van der Waals surface area (Å²) in [5, 5.41) is 5.72. The first kappa shape index (κ1) is 19.5. The number of aryl methyl sites for hydroxylation is 2. The fourth-order valence-corrected chi connectivity index (χ4v) is 5.63. The van der Waals surface area contributed by atoms with Gasteiger partial charge >= 0.3 is 0 Å². The lowest BCUT2D eigenvalue weighted by Gasteiger charge is -2.41. The van der Waals surface area contributed by atoms with Crippen molar-refractivity contribution in [1.29, 1.82) is 0 Å². The Morgan fingerprint density at radius 2 is 2.03 bits per heavy atom. The predicted octanol–water partition coefficient (Wildman–Crippen LogP) is 2.76. The van der Waals surface area contributed by atoms with Crippen molar-refractivity contribution < 1.29 is 4.79 Å². The second-order valence-corrected chi connectivity index (χ2v) is 10.2. The van der Waals surface area contributed by atoms with Crippen LogP contribution in [0.2, 0.25) is 0 Å². The van der Waals surface area contributed by atoms with E-state index in [0.29, 0.717) is 8.58 Å². The molecule has 2 atom stereocenters. The highest BCUT2D eigenvalue weighted by Crippen LogP contribution is 2.44. The molecule has 0 radical (unpaired) electrons. The molecule has 1 fully saturated rings. The van der Waals surface area contributed by atoms with Gasteiger partial charge in [0.15, 0.2) is 0 Å². The molecule has 7 nitrogen and oxygen atoms in total. The summed E-state index contributed by atoms with van der Waals surface area (Å²) in [6.45, 7) is 7.91. The quantitative estimate of drug-likeness (QED) is 0.753. The van der Waals surface area contributed by atoms with E-state index in [9.17, 15) is 4.79 Å². The SMILES string of the molecule is Cc1cn2nc(C3=CC(=O)N4C=C(N5CCC(C)(N)CC5)C=CC4P3)cc2c(C)n1. The summed E-state index contributed by atoms with van der Waals surface area (Å²) in [5.74, 6) is 0.0657. The van der Waals surface area contributed by atoms with Gasteiger partial charge in [-0.2, -0.15) is 5.10 Å². The average Bonchev–Trinajstić information content (AvgIpc) is 3.12. The van der Waals surface area contributed by atoms with Crippen LogP contribution in [0, 0.1) is 13.8 Å². The molecule has 0 saturated carbocycles. The standard InChI is InChI=1S/C22H27N6OP/c1-14-12-28-18(15(2)24-14)10-17(25-28)19-11-20(29)27-13-16(4-5-21(27)30-19)26-8-6-22(3,23)7-9-26/h4-5,10-13,21,30H,6-9,23H2,1-3H3. The number of nitrogens with two attached hydrogens (primary N) is 1. The second kappa shape index (κ2) is 7.03. The highest BCUT2D eigenvalue weighted by molar-refractivity contribution is 7.51. The summed E-state index contributed by atoms with van der Waals surface area (Å²) < 4.78 is 1.87. The molecule has 0 aromatic carbocycles. The van der Waals surface area contributed by atoms with Gasteiger partial charge in [0, 0.05) is 36.2 Å². The van der Waals surface area contributed by atoms with Gasteiger partial charge in [-0.1, -0.05) is 14.7 Å². The first-order valence-corrected chi connectivity index (χ1v) is 11.5. The van der Waals surface area contributed by atoms with E-state index < -0.39 is 0 Å². The lowest BCUT2D eigenvalue weighted by molar-refractivity contribution is -0.123. The number of hydrogen-bond acceptors (Lipinski definition) is 5. The lowest BCUT2D eigenvalue weighted by atomic mass is 9.91. The van der Waals surface area contributed by atoms with Crippen molar-refractivity contribution in [2.75, 3.05) is 13.1 Å². The molecule has 0 spiro atoms. The first-order valence-electron chi connectivity index (χ1n) is 10.4. The molecule has 156 valence electrons. The third-order valence-corrected chi connectivity index (χ3v) is 7.63. The van der Waals surface area contributed by atoms with E-state index in [1.807, 2.05) is 41.7 Å². The molecule has 2 unspecified atom stereocenters. The van der Waals surface area contributed by atoms with Crippen LogP contribution < -0.4 is 5.73 Å². The van der Waals surface area contributed by atoms with Crippen LogP contribution in [0.25, 0.3) is 10.8 Å². The predicted molar refractivity (Wildman–Crippen MR) is 120 cm³/mol. The Kier molecular flexibility index (Phi) is 4.56. The summed E-state index contributed by atoms with van der Waals surface area (Å²) in [7, 11) is 0.454. The topological polar surface area (TPSA) is 79.8 Å². The van der Waals surface area contributed by atoms with Gasteiger partial charge < -0.3 is 15.5 Å². The number of hydrogen-bond donors (Lipinski definition) is 1. The van der Waals surface area contributed by atoms with E-state index in [1.54, 1.807) is 6.08 Å². The van der Waals surface area contributed by atoms with Crippen molar-refractivity contribution in [3.63, 3.8) is 0 Å². The van der Waals surface area contributed by atoms with Crippen LogP contribution >= 0.6 is 8.58 Å². The van der Waals surface area contributed by atoms with Gasteiger partial charge in [-0.05, 0) is 45.8 Å². The molecular formula is C22H27N6OP. The first-order chi connectivity index (χ1) is 14.3. The van der Waals surface area contributed by atoms with E-state index in [-0.39, 0.29) is 17.2 Å². The number of fused-ring (bicyclic) bond motifs is 2. The number of amides is 1. The number of nitrogens with zero attached hydrogens (tertiary/aromatic N) is 5. The van der Waals surface area contributed by atoms with Crippen LogP contribution in [-0.2, 0) is 4.79 Å². The zero-order chi connectivity index (χ0) is 21.0. The number of carbonyl (C=O) groups excluding carboxylic acids is 1. The van der Waals surface area contributed by atoms with Gasteiger partial charge in [0.25, 0.3) is 5.91 Å². The highest BCUT2D eigenvalue weighted by atomic mass is 31.1. The third kappa shape index (κ3) is 3.46. The lowest BCUT2D eigenvalue weighted by Crippen LogP contribution is -2.48. The minimum atomic E-state index is -0.0849. The van der Waals surface area contributed by atoms with Gasteiger partial charge in [0.05, 0.1) is 40.3 Å². The Balaban J connectivity index is 1.40. The van der Waals surface area contributed by atoms with Crippen molar-refractivity contribution in [2.45, 2.75) is 44.9 Å². The number of piperidine rings is 1. The van der Waals surface area contributed by atoms with Crippen LogP contribution in [0.15, 0.2) is 42.4 Å². The van der Waals surface area contributed by atoms with Crippen LogP contribution in [0.1, 0.15) is 36.8 Å². The van der Waals surface area contributed by atoms with Crippen LogP contribution in [0.3, 0.4) is 0 Å². The van der Waals surface area contributed by atoms with E-state index in [0.717, 1.165) is 59.5 Å². The van der Waals surface area contributed by atoms with Crippen molar-refractivity contribution in [2.24, 2.45) is 5.73 Å². The summed E-state index contributed by atoms with van der Waals surface area (Å²) in [5.41, 5.74) is 11.0. The molecule has 2 aromatic heterocycles. The van der Waals surface area contributed by atoms with E-state index >= 15 is 0 Å². The summed E-state index contributed by atoms with van der Waals surface area (Å²) in [6, 6.07) is 2.04. The van der Waals surface area contributed by atoms with Gasteiger partial charge in [0.2, 0.25) is 0 Å². The van der Waals surface area contributed by atoms with Crippen LogP contribution in [0.5, 0.6) is 0 Å². The molecule has 30 heavy (non-hydrogen) atoms. The average molecular weight is 422 g/mol. The Hall–Kier alpha value is -2.50. The molecule has 8 heteroatoms. The normalized spacial score (nSPS) is 24.3. The number of aromatic nitrogens is 3. The Bertz CT molecular complexity index is 1120. The summed E-state index contributed by atoms with van der Waals surface area (Å²) in [4.78, 5) is 21.7.